The zero-order valence-electron chi connectivity index (χ0n) is 15.3. The first-order chi connectivity index (χ1) is 12.9. The number of aryl methyl sites for hydroxylation is 3. The van der Waals surface area contributed by atoms with Gasteiger partial charge in [0, 0.05) is 13.0 Å². The number of aliphatic hydroxyl groups excluding tert-OH is 1. The van der Waals surface area contributed by atoms with Crippen molar-refractivity contribution in [2.45, 2.75) is 32.0 Å². The van der Waals surface area contributed by atoms with E-state index < -0.39 is 23.8 Å². The first-order valence-electron chi connectivity index (χ1n) is 8.77. The second-order valence-electron chi connectivity index (χ2n) is 6.70. The van der Waals surface area contributed by atoms with Crippen LogP contribution in [0, 0.1) is 6.92 Å². The lowest BCUT2D eigenvalue weighted by molar-refractivity contribution is 0.0758. The van der Waals surface area contributed by atoms with Gasteiger partial charge in [-0.3, -0.25) is 4.79 Å². The normalized spacial score (nSPS) is 19.3. The third-order valence-corrected chi connectivity index (χ3v) is 4.74. The minimum Gasteiger partial charge on any atom is -0.497 e. The van der Waals surface area contributed by atoms with Crippen molar-refractivity contribution in [3.05, 3.63) is 63.2 Å². The molecule has 1 aliphatic rings. The van der Waals surface area contributed by atoms with E-state index in [2.05, 4.69) is 0 Å². The number of alkyl halides is 1. The number of ether oxygens (including phenoxy) is 1. The Morgan fingerprint density at radius 3 is 2.56 bits per heavy atom. The molecule has 0 radical (unpaired) electrons. The SMILES string of the molecule is COc1ccc(CCc2cc(C)c(C(=O)N3C[C@@H](O)[C@H](F)C3)c(=O)o2)cc1. The summed E-state index contributed by atoms with van der Waals surface area (Å²) in [6.07, 6.45) is -1.54. The molecule has 6 nitrogen and oxygen atoms in total. The maximum absolute atomic E-state index is 13.5. The molecule has 27 heavy (non-hydrogen) atoms. The largest absolute Gasteiger partial charge is 0.497 e. The number of likely N-dealkylation sites (tertiary alicyclic amines) is 1. The Hall–Kier alpha value is -2.67. The summed E-state index contributed by atoms with van der Waals surface area (Å²) in [5.41, 5.74) is 0.708. The van der Waals surface area contributed by atoms with Gasteiger partial charge in [0.2, 0.25) is 0 Å². The molecular weight excluding hydrogens is 353 g/mol. The average molecular weight is 375 g/mol. The number of rotatable bonds is 5. The fourth-order valence-electron chi connectivity index (χ4n) is 3.18. The van der Waals surface area contributed by atoms with Crippen LogP contribution in [0.2, 0.25) is 0 Å². The highest BCUT2D eigenvalue weighted by molar-refractivity contribution is 5.95. The van der Waals surface area contributed by atoms with Crippen LogP contribution in [0.5, 0.6) is 5.75 Å². The zero-order valence-corrected chi connectivity index (χ0v) is 15.3. The number of methoxy groups -OCH3 is 1. The van der Waals surface area contributed by atoms with Gasteiger partial charge in [0.1, 0.15) is 29.3 Å². The Morgan fingerprint density at radius 1 is 1.30 bits per heavy atom. The van der Waals surface area contributed by atoms with E-state index in [0.717, 1.165) is 16.2 Å². The highest BCUT2D eigenvalue weighted by atomic mass is 19.1. The molecule has 0 spiro atoms. The van der Waals surface area contributed by atoms with Crippen molar-refractivity contribution in [2.75, 3.05) is 20.2 Å². The van der Waals surface area contributed by atoms with Gasteiger partial charge in [0.05, 0.1) is 13.7 Å². The standard InChI is InChI=1S/C20H22FNO5/c1-12-9-15(8-5-13-3-6-14(26-2)7-4-13)27-20(25)18(12)19(24)22-10-16(21)17(23)11-22/h3-4,6-7,9,16-17,23H,5,8,10-11H2,1-2H3/t16-,17-/m1/s1. The Bertz CT molecular complexity index is 867. The third kappa shape index (κ3) is 4.19. The van der Waals surface area contributed by atoms with Gasteiger partial charge in [0.25, 0.3) is 5.91 Å². The molecule has 0 bridgehead atoms. The minimum atomic E-state index is -1.50. The predicted octanol–water partition coefficient (Wildman–Crippen LogP) is 1.90. The number of aliphatic hydroxyl groups is 1. The molecule has 1 aromatic carbocycles. The molecule has 2 heterocycles. The molecule has 0 aliphatic carbocycles. The van der Waals surface area contributed by atoms with E-state index in [0.29, 0.717) is 24.2 Å². The Labute approximate surface area is 156 Å². The zero-order chi connectivity index (χ0) is 19.6. The van der Waals surface area contributed by atoms with Crippen molar-refractivity contribution in [3.8, 4) is 5.75 Å². The van der Waals surface area contributed by atoms with Crippen LogP contribution in [0.3, 0.4) is 0 Å². The fraction of sp³-hybridized carbons (Fsp3) is 0.400. The molecule has 7 heteroatoms. The summed E-state index contributed by atoms with van der Waals surface area (Å²) in [4.78, 5) is 26.0. The second kappa shape index (κ2) is 7.92. The molecule has 2 atom stereocenters. The molecule has 1 N–H and O–H groups in total. The van der Waals surface area contributed by atoms with Crippen molar-refractivity contribution < 1.29 is 23.4 Å². The first-order valence-corrected chi connectivity index (χ1v) is 8.77. The number of benzene rings is 1. The fourth-order valence-corrected chi connectivity index (χ4v) is 3.18. The number of hydrogen-bond donors (Lipinski definition) is 1. The summed E-state index contributed by atoms with van der Waals surface area (Å²) in [6, 6.07) is 9.27. The van der Waals surface area contributed by atoms with Crippen molar-refractivity contribution in [2.24, 2.45) is 0 Å². The molecule has 144 valence electrons. The summed E-state index contributed by atoms with van der Waals surface area (Å²) in [6.45, 7) is 1.30. The Kier molecular flexibility index (Phi) is 5.60. The molecule has 0 unspecified atom stereocenters. The highest BCUT2D eigenvalue weighted by Crippen LogP contribution is 2.18. The number of β-amino-alcohol motifs (C(OH)–C–C–N with tert-alkyl or cyclic N) is 1. The highest BCUT2D eigenvalue weighted by Gasteiger charge is 2.36. The van der Waals surface area contributed by atoms with Crippen molar-refractivity contribution in [1.29, 1.82) is 0 Å². The molecule has 1 aliphatic heterocycles. The van der Waals surface area contributed by atoms with Crippen LogP contribution in [0.15, 0.2) is 39.5 Å². The van der Waals surface area contributed by atoms with E-state index in [1.807, 2.05) is 24.3 Å². The first kappa shape index (κ1) is 19.1. The van der Waals surface area contributed by atoms with Gasteiger partial charge in [-0.05, 0) is 42.7 Å². The van der Waals surface area contributed by atoms with Crippen LogP contribution in [-0.2, 0) is 12.8 Å². The number of carbonyl (C=O) groups excluding carboxylic acids is 1. The minimum absolute atomic E-state index is 0.107. The van der Waals surface area contributed by atoms with Crippen molar-refractivity contribution >= 4 is 5.91 Å². The van der Waals surface area contributed by atoms with E-state index in [1.54, 1.807) is 20.1 Å². The number of amides is 1. The van der Waals surface area contributed by atoms with Gasteiger partial charge >= 0.3 is 5.63 Å². The molecule has 2 aromatic rings. The number of hydrogen-bond acceptors (Lipinski definition) is 5. The van der Waals surface area contributed by atoms with Crippen LogP contribution in [0.25, 0.3) is 0 Å². The van der Waals surface area contributed by atoms with Crippen LogP contribution >= 0.6 is 0 Å². The molecular formula is C20H22FNO5. The summed E-state index contributed by atoms with van der Waals surface area (Å²) in [5, 5.41) is 9.48. The summed E-state index contributed by atoms with van der Waals surface area (Å²) in [7, 11) is 1.60. The molecule has 1 saturated heterocycles. The van der Waals surface area contributed by atoms with Gasteiger partial charge in [-0.2, -0.15) is 0 Å². The summed E-state index contributed by atoms with van der Waals surface area (Å²) in [5.74, 6) is 0.642. The van der Waals surface area contributed by atoms with Crippen LogP contribution in [0.4, 0.5) is 4.39 Å². The maximum atomic E-state index is 13.5. The Balaban J connectivity index is 1.72. The molecule has 1 fully saturated rings. The number of nitrogens with zero attached hydrogens (tertiary/aromatic N) is 1. The van der Waals surface area contributed by atoms with Gasteiger partial charge in [-0.1, -0.05) is 12.1 Å². The lowest BCUT2D eigenvalue weighted by Crippen LogP contribution is -2.34. The van der Waals surface area contributed by atoms with Gasteiger partial charge in [-0.15, -0.1) is 0 Å². The topological polar surface area (TPSA) is 80.0 Å². The predicted molar refractivity (Wildman–Crippen MR) is 96.9 cm³/mol. The second-order valence-corrected chi connectivity index (χ2v) is 6.70. The number of carbonyl (C=O) groups is 1. The monoisotopic (exact) mass is 375 g/mol. The molecule has 0 saturated carbocycles. The van der Waals surface area contributed by atoms with E-state index >= 15 is 0 Å². The maximum Gasteiger partial charge on any atom is 0.349 e. The smallest absolute Gasteiger partial charge is 0.349 e. The molecule has 1 amide bonds. The average Bonchev–Trinajstić information content (AvgIpc) is 2.98. The van der Waals surface area contributed by atoms with Crippen molar-refractivity contribution in [3.63, 3.8) is 0 Å². The van der Waals surface area contributed by atoms with Crippen molar-refractivity contribution in [1.82, 2.24) is 4.90 Å². The van der Waals surface area contributed by atoms with Gasteiger partial charge in [-0.25, -0.2) is 9.18 Å². The lowest BCUT2D eigenvalue weighted by atomic mass is 10.1. The van der Waals surface area contributed by atoms with E-state index in [9.17, 15) is 19.1 Å². The van der Waals surface area contributed by atoms with Crippen LogP contribution in [0.1, 0.15) is 27.2 Å². The van der Waals surface area contributed by atoms with E-state index in [4.69, 9.17) is 9.15 Å². The van der Waals surface area contributed by atoms with E-state index in [-0.39, 0.29) is 18.7 Å². The molecule has 1 aromatic heterocycles. The van der Waals surface area contributed by atoms with Gasteiger partial charge in [0.15, 0.2) is 0 Å². The van der Waals surface area contributed by atoms with E-state index in [1.165, 1.54) is 0 Å². The summed E-state index contributed by atoms with van der Waals surface area (Å²) < 4.78 is 23.9. The molecule has 3 rings (SSSR count). The third-order valence-electron chi connectivity index (χ3n) is 4.74. The lowest BCUT2D eigenvalue weighted by Gasteiger charge is -2.16. The quantitative estimate of drug-likeness (QED) is 0.863. The van der Waals surface area contributed by atoms with Crippen LogP contribution < -0.4 is 10.4 Å². The Morgan fingerprint density at radius 2 is 2.00 bits per heavy atom. The van der Waals surface area contributed by atoms with Crippen LogP contribution in [-0.4, -0.2) is 48.4 Å². The summed E-state index contributed by atoms with van der Waals surface area (Å²) >= 11 is 0. The van der Waals surface area contributed by atoms with Gasteiger partial charge < -0.3 is 19.2 Å². The number of halogens is 1.